The Bertz CT molecular complexity index is 712. The van der Waals surface area contributed by atoms with Gasteiger partial charge in [0.25, 0.3) is 11.7 Å². The van der Waals surface area contributed by atoms with Crippen LogP contribution in [-0.4, -0.2) is 47.9 Å². The molecule has 0 saturated carbocycles. The lowest BCUT2D eigenvalue weighted by Crippen LogP contribution is -2.33. The topological polar surface area (TPSA) is 88.1 Å². The van der Waals surface area contributed by atoms with Gasteiger partial charge in [0, 0.05) is 24.8 Å². The number of hydrogen-bond donors (Lipinski definition) is 1. The van der Waals surface area contributed by atoms with E-state index >= 15 is 0 Å². The van der Waals surface area contributed by atoms with Crippen molar-refractivity contribution in [3.05, 3.63) is 24.3 Å². The van der Waals surface area contributed by atoms with Crippen LogP contribution in [0.1, 0.15) is 12.8 Å². The van der Waals surface area contributed by atoms with Crippen molar-refractivity contribution in [1.29, 1.82) is 0 Å². The summed E-state index contributed by atoms with van der Waals surface area (Å²) in [6.07, 6.45) is 0.270. The molecule has 7 nitrogen and oxygen atoms in total. The fraction of sp³-hybridized carbons (Fsp3) is 0.333. The van der Waals surface area contributed by atoms with Crippen LogP contribution in [0, 0.1) is 0 Å². The molecular weight excluding hydrogens is 356 g/mol. The number of benzene rings is 1. The van der Waals surface area contributed by atoms with E-state index in [1.54, 1.807) is 12.1 Å². The highest BCUT2D eigenvalue weighted by molar-refractivity contribution is 7.99. The molecule has 10 heteroatoms. The standard InChI is InChI=1S/C15H15F2N3O4S/c1-20-13(22)7-6-10(19-20)14(23)24-8-12(21)18-9-4-2-3-5-11(9)25-15(16)17/h2-5,15H,6-8H2,1H3,(H,18,21). The molecule has 1 aromatic rings. The predicted molar refractivity (Wildman–Crippen MR) is 87.3 cm³/mol. The number of hydrogen-bond acceptors (Lipinski definition) is 6. The maximum absolute atomic E-state index is 12.5. The van der Waals surface area contributed by atoms with Crippen LogP contribution in [0.4, 0.5) is 14.5 Å². The van der Waals surface area contributed by atoms with E-state index in [2.05, 4.69) is 10.4 Å². The first kappa shape index (κ1) is 18.8. The lowest BCUT2D eigenvalue weighted by atomic mass is 10.2. The quantitative estimate of drug-likeness (QED) is 0.611. The molecule has 1 aliphatic rings. The number of carbonyl (C=O) groups excluding carboxylic acids is 3. The monoisotopic (exact) mass is 371 g/mol. The molecule has 0 aliphatic carbocycles. The summed E-state index contributed by atoms with van der Waals surface area (Å²) in [5.41, 5.74) is 0.248. The van der Waals surface area contributed by atoms with Crippen molar-refractivity contribution in [2.75, 3.05) is 19.0 Å². The normalized spacial score (nSPS) is 14.3. The van der Waals surface area contributed by atoms with Crippen LogP contribution in [0.2, 0.25) is 0 Å². The van der Waals surface area contributed by atoms with E-state index in [1.165, 1.54) is 19.2 Å². The van der Waals surface area contributed by atoms with Gasteiger partial charge in [0.2, 0.25) is 5.91 Å². The Kier molecular flexibility index (Phi) is 6.45. The van der Waals surface area contributed by atoms with Gasteiger partial charge in [-0.05, 0) is 12.1 Å². The van der Waals surface area contributed by atoms with Crippen molar-refractivity contribution in [2.24, 2.45) is 5.10 Å². The van der Waals surface area contributed by atoms with Gasteiger partial charge >= 0.3 is 5.97 Å². The highest BCUT2D eigenvalue weighted by atomic mass is 32.2. The number of ether oxygens (including phenoxy) is 1. The molecule has 0 fully saturated rings. The minimum Gasteiger partial charge on any atom is -0.451 e. The zero-order chi connectivity index (χ0) is 18.4. The van der Waals surface area contributed by atoms with Crippen molar-refractivity contribution in [3.63, 3.8) is 0 Å². The molecule has 0 radical (unpaired) electrons. The Hall–Kier alpha value is -2.49. The van der Waals surface area contributed by atoms with Crippen LogP contribution in [0.3, 0.4) is 0 Å². The first-order valence-corrected chi connectivity index (χ1v) is 8.09. The highest BCUT2D eigenvalue weighted by Crippen LogP contribution is 2.31. The predicted octanol–water partition coefficient (Wildman–Crippen LogP) is 2.09. The largest absolute Gasteiger partial charge is 0.451 e. The number of esters is 1. The summed E-state index contributed by atoms with van der Waals surface area (Å²) in [4.78, 5) is 35.2. The zero-order valence-corrected chi connectivity index (χ0v) is 14.0. The molecule has 25 heavy (non-hydrogen) atoms. The Morgan fingerprint density at radius 3 is 2.76 bits per heavy atom. The van der Waals surface area contributed by atoms with Gasteiger partial charge in [-0.25, -0.2) is 9.80 Å². The summed E-state index contributed by atoms with van der Waals surface area (Å²) in [5, 5.41) is 7.23. The number of hydrazone groups is 1. The van der Waals surface area contributed by atoms with E-state index in [1.807, 2.05) is 0 Å². The Labute approximate surface area is 146 Å². The Balaban J connectivity index is 1.90. The second kappa shape index (κ2) is 8.56. The van der Waals surface area contributed by atoms with Gasteiger partial charge < -0.3 is 10.1 Å². The second-order valence-electron chi connectivity index (χ2n) is 4.96. The third kappa shape index (κ3) is 5.52. The van der Waals surface area contributed by atoms with Gasteiger partial charge in [0.1, 0.15) is 5.71 Å². The molecule has 134 valence electrons. The summed E-state index contributed by atoms with van der Waals surface area (Å²) < 4.78 is 29.8. The first-order chi connectivity index (χ1) is 11.9. The van der Waals surface area contributed by atoms with E-state index in [-0.39, 0.29) is 35.0 Å². The smallest absolute Gasteiger partial charge is 0.355 e. The molecule has 1 heterocycles. The molecule has 0 spiro atoms. The van der Waals surface area contributed by atoms with Gasteiger partial charge in [-0.2, -0.15) is 13.9 Å². The summed E-state index contributed by atoms with van der Waals surface area (Å²) in [6, 6.07) is 6.07. The van der Waals surface area contributed by atoms with Gasteiger partial charge in [0.15, 0.2) is 6.61 Å². The lowest BCUT2D eigenvalue weighted by Gasteiger charge is -2.18. The Morgan fingerprint density at radius 1 is 1.36 bits per heavy atom. The molecule has 2 amide bonds. The van der Waals surface area contributed by atoms with Gasteiger partial charge in [-0.3, -0.25) is 9.59 Å². The maximum atomic E-state index is 12.5. The van der Waals surface area contributed by atoms with Crippen LogP contribution < -0.4 is 5.32 Å². The molecule has 2 rings (SSSR count). The van der Waals surface area contributed by atoms with Crippen LogP contribution in [0.5, 0.6) is 0 Å². The van der Waals surface area contributed by atoms with Crippen LogP contribution in [-0.2, 0) is 19.1 Å². The van der Waals surface area contributed by atoms with Crippen molar-refractivity contribution in [1.82, 2.24) is 5.01 Å². The molecule has 1 N–H and O–H groups in total. The highest BCUT2D eigenvalue weighted by Gasteiger charge is 2.23. The number of amides is 2. The number of nitrogens with zero attached hydrogens (tertiary/aromatic N) is 2. The Morgan fingerprint density at radius 2 is 2.08 bits per heavy atom. The number of para-hydroxylation sites is 1. The van der Waals surface area contributed by atoms with Crippen molar-refractivity contribution < 1.29 is 27.9 Å². The molecule has 0 bridgehead atoms. The number of rotatable bonds is 6. The summed E-state index contributed by atoms with van der Waals surface area (Å²) >= 11 is 0.302. The van der Waals surface area contributed by atoms with Gasteiger partial charge in [-0.1, -0.05) is 23.9 Å². The average Bonchev–Trinajstić information content (AvgIpc) is 2.56. The van der Waals surface area contributed by atoms with E-state index in [0.717, 1.165) is 5.01 Å². The second-order valence-corrected chi connectivity index (χ2v) is 5.99. The van der Waals surface area contributed by atoms with Crippen molar-refractivity contribution >= 4 is 40.9 Å². The lowest BCUT2D eigenvalue weighted by molar-refractivity contribution is -0.141. The van der Waals surface area contributed by atoms with E-state index < -0.39 is 24.2 Å². The van der Waals surface area contributed by atoms with Gasteiger partial charge in [0.05, 0.1) is 5.69 Å². The summed E-state index contributed by atoms with van der Waals surface area (Å²) in [5.74, 6) is -4.32. The van der Waals surface area contributed by atoms with Crippen LogP contribution in [0.25, 0.3) is 0 Å². The van der Waals surface area contributed by atoms with Gasteiger partial charge in [-0.15, -0.1) is 0 Å². The van der Waals surface area contributed by atoms with E-state index in [9.17, 15) is 23.2 Å². The van der Waals surface area contributed by atoms with Crippen molar-refractivity contribution in [3.8, 4) is 0 Å². The zero-order valence-electron chi connectivity index (χ0n) is 13.2. The summed E-state index contributed by atoms with van der Waals surface area (Å²) in [6.45, 7) is -0.594. The average molecular weight is 371 g/mol. The number of carbonyl (C=O) groups is 3. The number of halogens is 2. The first-order valence-electron chi connectivity index (χ1n) is 7.21. The fourth-order valence-corrected chi connectivity index (χ4v) is 2.58. The third-order valence-corrected chi connectivity index (χ3v) is 3.94. The number of thioether (sulfide) groups is 1. The molecule has 0 unspecified atom stereocenters. The minimum atomic E-state index is -2.63. The molecule has 1 aliphatic heterocycles. The SMILES string of the molecule is CN1N=C(C(=O)OCC(=O)Nc2ccccc2SC(F)F)CCC1=O. The fourth-order valence-electron chi connectivity index (χ4n) is 1.99. The molecule has 0 aromatic heterocycles. The van der Waals surface area contributed by atoms with Crippen LogP contribution >= 0.6 is 11.8 Å². The molecule has 0 saturated heterocycles. The van der Waals surface area contributed by atoms with Crippen molar-refractivity contribution in [2.45, 2.75) is 23.5 Å². The molecule has 0 atom stereocenters. The third-order valence-electron chi connectivity index (χ3n) is 3.15. The number of alkyl halides is 2. The minimum absolute atomic E-state index is 0.0450. The maximum Gasteiger partial charge on any atom is 0.355 e. The van der Waals surface area contributed by atoms with Crippen LogP contribution in [0.15, 0.2) is 34.3 Å². The number of nitrogens with one attached hydrogen (secondary N) is 1. The van der Waals surface area contributed by atoms with E-state index in [0.29, 0.717) is 11.8 Å². The summed E-state index contributed by atoms with van der Waals surface area (Å²) in [7, 11) is 1.42. The molecule has 1 aromatic carbocycles. The van der Waals surface area contributed by atoms with E-state index in [4.69, 9.17) is 4.74 Å². The number of anilines is 1. The molecular formula is C15H15F2N3O4S.